The standard InChI is InChI=1S/C20H24N8O5/c1-22-18(32)13(6-7-14(29)30)26-17(31)10-2-4-11(5-3-10)23-8-12-9-24-16-15(25-12)19(33)28-20(21)27-16/h2-5,9,13,17,23,26,31H,6-8H2,1H3,(H,22,32)(H,29,30)(H3,21,24,27,28,33)/t13-,17?/m0/s1. The van der Waals surface area contributed by atoms with E-state index in [0.717, 1.165) is 0 Å². The molecule has 2 heterocycles. The van der Waals surface area contributed by atoms with Crippen LogP contribution in [0.2, 0.25) is 0 Å². The number of hydrogen-bond acceptors (Lipinski definition) is 10. The molecule has 3 rings (SSSR count). The molecule has 0 aliphatic rings. The zero-order chi connectivity index (χ0) is 24.0. The number of amides is 1. The summed E-state index contributed by atoms with van der Waals surface area (Å²) in [5.74, 6) is -1.48. The highest BCUT2D eigenvalue weighted by molar-refractivity contribution is 5.82. The number of carbonyl (C=O) groups excluding carboxylic acids is 1. The molecule has 8 N–H and O–H groups in total. The third-order valence-electron chi connectivity index (χ3n) is 4.75. The molecule has 1 unspecified atom stereocenters. The summed E-state index contributed by atoms with van der Waals surface area (Å²) in [7, 11) is 1.44. The van der Waals surface area contributed by atoms with Crippen molar-refractivity contribution in [2.75, 3.05) is 18.1 Å². The summed E-state index contributed by atoms with van der Waals surface area (Å²) >= 11 is 0. The van der Waals surface area contributed by atoms with Crippen molar-refractivity contribution >= 4 is 34.7 Å². The number of rotatable bonds is 10. The third kappa shape index (κ3) is 6.21. The molecule has 13 nitrogen and oxygen atoms in total. The van der Waals surface area contributed by atoms with E-state index >= 15 is 0 Å². The highest BCUT2D eigenvalue weighted by atomic mass is 16.4. The lowest BCUT2D eigenvalue weighted by Crippen LogP contribution is -2.44. The van der Waals surface area contributed by atoms with Crippen molar-refractivity contribution < 1.29 is 19.8 Å². The predicted octanol–water partition coefficient (Wildman–Crippen LogP) is -0.533. The zero-order valence-corrected chi connectivity index (χ0v) is 17.7. The van der Waals surface area contributed by atoms with Gasteiger partial charge in [0.05, 0.1) is 24.5 Å². The van der Waals surface area contributed by atoms with Crippen molar-refractivity contribution in [3.8, 4) is 0 Å². The van der Waals surface area contributed by atoms with Crippen LogP contribution in [-0.2, 0) is 16.1 Å². The fourth-order valence-corrected chi connectivity index (χ4v) is 3.05. The molecule has 0 spiro atoms. The van der Waals surface area contributed by atoms with Crippen LogP contribution in [-0.4, -0.2) is 55.1 Å². The molecule has 2 atom stereocenters. The number of aliphatic hydroxyl groups is 1. The molecule has 0 bridgehead atoms. The molecule has 174 valence electrons. The first-order valence-electron chi connectivity index (χ1n) is 9.99. The Morgan fingerprint density at radius 1 is 1.21 bits per heavy atom. The third-order valence-corrected chi connectivity index (χ3v) is 4.75. The van der Waals surface area contributed by atoms with Crippen molar-refractivity contribution in [2.24, 2.45) is 0 Å². The van der Waals surface area contributed by atoms with Crippen LogP contribution >= 0.6 is 0 Å². The number of nitrogens with zero attached hydrogens (tertiary/aromatic N) is 3. The number of aromatic nitrogens is 4. The Kier molecular flexibility index (Phi) is 7.48. The molecule has 2 aromatic heterocycles. The number of hydrogen-bond donors (Lipinski definition) is 7. The van der Waals surface area contributed by atoms with Crippen LogP contribution in [0, 0.1) is 0 Å². The Hall–Kier alpha value is -4.10. The molecule has 1 amide bonds. The molecule has 0 fully saturated rings. The highest BCUT2D eigenvalue weighted by Gasteiger charge is 2.21. The number of aliphatic carboxylic acids is 1. The van der Waals surface area contributed by atoms with Crippen LogP contribution in [0.1, 0.15) is 30.3 Å². The molecule has 0 aliphatic heterocycles. The van der Waals surface area contributed by atoms with Crippen molar-refractivity contribution in [1.82, 2.24) is 30.6 Å². The molecule has 33 heavy (non-hydrogen) atoms. The van der Waals surface area contributed by atoms with Gasteiger partial charge >= 0.3 is 5.97 Å². The van der Waals surface area contributed by atoms with Crippen LogP contribution < -0.4 is 27.2 Å². The number of anilines is 2. The van der Waals surface area contributed by atoms with Gasteiger partial charge in [-0.3, -0.25) is 24.7 Å². The van der Waals surface area contributed by atoms with E-state index in [-0.39, 0.29) is 36.5 Å². The van der Waals surface area contributed by atoms with Crippen LogP contribution in [0.5, 0.6) is 0 Å². The normalized spacial score (nSPS) is 12.8. The predicted molar refractivity (Wildman–Crippen MR) is 119 cm³/mol. The first kappa shape index (κ1) is 23.6. The van der Waals surface area contributed by atoms with Gasteiger partial charge in [0.25, 0.3) is 5.56 Å². The highest BCUT2D eigenvalue weighted by Crippen LogP contribution is 2.17. The summed E-state index contributed by atoms with van der Waals surface area (Å²) < 4.78 is 0. The number of H-pyrrole nitrogens is 1. The van der Waals surface area contributed by atoms with Gasteiger partial charge in [-0.25, -0.2) is 9.97 Å². The van der Waals surface area contributed by atoms with Crippen LogP contribution in [0.3, 0.4) is 0 Å². The molecule has 0 saturated heterocycles. The molecular weight excluding hydrogens is 432 g/mol. The number of nitrogens with one attached hydrogen (secondary N) is 4. The maximum absolute atomic E-state index is 12.0. The first-order chi connectivity index (χ1) is 15.8. The second-order valence-electron chi connectivity index (χ2n) is 7.13. The van der Waals surface area contributed by atoms with E-state index in [1.807, 2.05) is 0 Å². The van der Waals surface area contributed by atoms with E-state index in [1.165, 1.54) is 13.2 Å². The molecule has 0 radical (unpaired) electrons. The van der Waals surface area contributed by atoms with Crippen molar-refractivity contribution in [2.45, 2.75) is 31.7 Å². The molecule has 13 heteroatoms. The Balaban J connectivity index is 1.62. The second kappa shape index (κ2) is 10.5. The summed E-state index contributed by atoms with van der Waals surface area (Å²) in [6.07, 6.45) is 0.129. The topological polar surface area (TPSA) is 208 Å². The molecule has 1 aromatic carbocycles. The fourth-order valence-electron chi connectivity index (χ4n) is 3.05. The number of nitrogens with two attached hydrogens (primary N) is 1. The van der Waals surface area contributed by atoms with Gasteiger partial charge in [-0.1, -0.05) is 12.1 Å². The Bertz CT molecular complexity index is 1200. The molecule has 0 saturated carbocycles. The Morgan fingerprint density at radius 2 is 1.94 bits per heavy atom. The van der Waals surface area contributed by atoms with E-state index in [4.69, 9.17) is 10.8 Å². The van der Waals surface area contributed by atoms with Gasteiger partial charge in [0.1, 0.15) is 6.23 Å². The minimum Gasteiger partial charge on any atom is -0.481 e. The average molecular weight is 456 g/mol. The Labute approximate surface area is 187 Å². The minimum absolute atomic E-state index is 0.0312. The van der Waals surface area contributed by atoms with Gasteiger partial charge in [0.15, 0.2) is 11.2 Å². The number of carbonyl (C=O) groups is 2. The van der Waals surface area contributed by atoms with E-state index < -0.39 is 29.7 Å². The number of likely N-dealkylation sites (N-methyl/N-ethyl adjacent to an activating group) is 1. The van der Waals surface area contributed by atoms with Crippen LogP contribution in [0.4, 0.5) is 11.6 Å². The summed E-state index contributed by atoms with van der Waals surface area (Å²) in [5, 5.41) is 27.6. The minimum atomic E-state index is -1.17. The first-order valence-corrected chi connectivity index (χ1v) is 9.99. The largest absolute Gasteiger partial charge is 0.481 e. The monoisotopic (exact) mass is 456 g/mol. The number of carboxylic acids is 1. The van der Waals surface area contributed by atoms with Gasteiger partial charge in [-0.05, 0) is 24.1 Å². The number of fused-ring (bicyclic) bond motifs is 1. The molecule has 3 aromatic rings. The Morgan fingerprint density at radius 3 is 2.61 bits per heavy atom. The van der Waals surface area contributed by atoms with E-state index in [2.05, 4.69) is 35.9 Å². The number of aliphatic hydroxyl groups excluding tert-OH is 1. The lowest BCUT2D eigenvalue weighted by molar-refractivity contribution is -0.137. The van der Waals surface area contributed by atoms with Crippen molar-refractivity contribution in [3.05, 3.63) is 52.1 Å². The van der Waals surface area contributed by atoms with Gasteiger partial charge < -0.3 is 26.6 Å². The number of carboxylic acid groups (broad SMARTS) is 1. The number of benzene rings is 1. The maximum Gasteiger partial charge on any atom is 0.303 e. The van der Waals surface area contributed by atoms with Gasteiger partial charge in [-0.15, -0.1) is 0 Å². The maximum atomic E-state index is 12.0. The fraction of sp³-hybridized carbons (Fsp3) is 0.300. The number of aromatic amines is 1. The van der Waals surface area contributed by atoms with E-state index in [0.29, 0.717) is 16.9 Å². The smallest absolute Gasteiger partial charge is 0.303 e. The van der Waals surface area contributed by atoms with Gasteiger partial charge in [0.2, 0.25) is 11.9 Å². The number of nitrogen functional groups attached to an aromatic ring is 1. The quantitative estimate of drug-likeness (QED) is 0.193. The summed E-state index contributed by atoms with van der Waals surface area (Å²) in [6.45, 7) is 0.279. The summed E-state index contributed by atoms with van der Waals surface area (Å²) in [4.78, 5) is 49.4. The lowest BCUT2D eigenvalue weighted by Gasteiger charge is -2.21. The van der Waals surface area contributed by atoms with Crippen molar-refractivity contribution in [3.63, 3.8) is 0 Å². The molecule has 0 aliphatic carbocycles. The SMILES string of the molecule is CNC(=O)[C@H](CCC(=O)O)NC(O)c1ccc(NCc2cnc3nc(N)[nH]c(=O)c3n2)cc1. The zero-order valence-electron chi connectivity index (χ0n) is 17.7. The summed E-state index contributed by atoms with van der Waals surface area (Å²) in [6, 6.07) is 5.88. The second-order valence-corrected chi connectivity index (χ2v) is 7.13. The van der Waals surface area contributed by atoms with Gasteiger partial charge in [0, 0.05) is 19.2 Å². The van der Waals surface area contributed by atoms with E-state index in [9.17, 15) is 19.5 Å². The summed E-state index contributed by atoms with van der Waals surface area (Å²) in [5.41, 5.74) is 6.98. The average Bonchev–Trinajstić information content (AvgIpc) is 2.80. The van der Waals surface area contributed by atoms with Crippen LogP contribution in [0.25, 0.3) is 11.2 Å². The van der Waals surface area contributed by atoms with Crippen molar-refractivity contribution in [1.29, 1.82) is 0 Å². The lowest BCUT2D eigenvalue weighted by atomic mass is 10.1. The van der Waals surface area contributed by atoms with Crippen LogP contribution in [0.15, 0.2) is 35.3 Å². The van der Waals surface area contributed by atoms with E-state index in [1.54, 1.807) is 24.3 Å². The van der Waals surface area contributed by atoms with Gasteiger partial charge in [-0.2, -0.15) is 4.98 Å². The molecular formula is C20H24N8O5.